The highest BCUT2D eigenvalue weighted by atomic mass is 79.9. The molecule has 1 saturated heterocycles. The van der Waals surface area contributed by atoms with Crippen molar-refractivity contribution in [1.29, 1.82) is 0 Å². The molecule has 1 heterocycles. The zero-order chi connectivity index (χ0) is 18.6. The molecule has 2 fully saturated rings. The van der Waals surface area contributed by atoms with Gasteiger partial charge in [0.25, 0.3) is 0 Å². The monoisotopic (exact) mass is 423 g/mol. The lowest BCUT2D eigenvalue weighted by molar-refractivity contribution is -0.180. The van der Waals surface area contributed by atoms with Crippen LogP contribution in [-0.2, 0) is 20.7 Å². The van der Waals surface area contributed by atoms with E-state index in [1.165, 1.54) is 5.56 Å². The van der Waals surface area contributed by atoms with E-state index in [-0.39, 0.29) is 23.7 Å². The van der Waals surface area contributed by atoms with Crippen LogP contribution in [0.1, 0.15) is 51.5 Å². The van der Waals surface area contributed by atoms with Gasteiger partial charge in [0.15, 0.2) is 5.79 Å². The molecule has 0 bridgehead atoms. The van der Waals surface area contributed by atoms with E-state index in [0.29, 0.717) is 19.1 Å². The highest BCUT2D eigenvalue weighted by Gasteiger charge is 2.40. The molecule has 1 N–H and O–H groups in total. The second kappa shape index (κ2) is 8.85. The number of nitrogens with one attached hydrogen (secondary N) is 1. The summed E-state index contributed by atoms with van der Waals surface area (Å²) >= 11 is 3.52. The molecule has 4 nitrogen and oxygen atoms in total. The van der Waals surface area contributed by atoms with Crippen LogP contribution in [0.5, 0.6) is 0 Å². The number of ether oxygens (including phenoxy) is 2. The van der Waals surface area contributed by atoms with Gasteiger partial charge in [0.1, 0.15) is 0 Å². The Morgan fingerprint density at radius 3 is 2.58 bits per heavy atom. The van der Waals surface area contributed by atoms with Crippen LogP contribution >= 0.6 is 15.9 Å². The van der Waals surface area contributed by atoms with Gasteiger partial charge < -0.3 is 14.8 Å². The van der Waals surface area contributed by atoms with Crippen LogP contribution in [0.4, 0.5) is 0 Å². The molecule has 0 radical (unpaired) electrons. The van der Waals surface area contributed by atoms with Crippen molar-refractivity contribution >= 4 is 21.8 Å². The Morgan fingerprint density at radius 1 is 1.27 bits per heavy atom. The van der Waals surface area contributed by atoms with Gasteiger partial charge in [-0.3, -0.25) is 4.79 Å². The number of carbonyl (C=O) groups excluding carboxylic acids is 1. The van der Waals surface area contributed by atoms with Gasteiger partial charge in [-0.15, -0.1) is 0 Å². The smallest absolute Gasteiger partial charge is 0.223 e. The van der Waals surface area contributed by atoms with Crippen molar-refractivity contribution in [2.45, 2.75) is 64.2 Å². The molecule has 1 aliphatic heterocycles. The summed E-state index contributed by atoms with van der Waals surface area (Å²) in [7, 11) is 0. The topological polar surface area (TPSA) is 47.6 Å². The normalized spacial score (nSPS) is 21.2. The number of benzene rings is 1. The third kappa shape index (κ3) is 5.30. The minimum Gasteiger partial charge on any atom is -0.353 e. The van der Waals surface area contributed by atoms with Crippen LogP contribution in [0.15, 0.2) is 28.7 Å². The van der Waals surface area contributed by atoms with E-state index in [1.54, 1.807) is 0 Å². The molecule has 1 atom stereocenters. The van der Waals surface area contributed by atoms with Gasteiger partial charge in [-0.25, -0.2) is 0 Å². The first-order valence-corrected chi connectivity index (χ1v) is 10.6. The Labute approximate surface area is 165 Å². The predicted octanol–water partition coefficient (Wildman–Crippen LogP) is 4.46. The maximum absolute atomic E-state index is 13.0. The summed E-state index contributed by atoms with van der Waals surface area (Å²) < 4.78 is 12.6. The van der Waals surface area contributed by atoms with Gasteiger partial charge in [0.2, 0.25) is 5.91 Å². The van der Waals surface area contributed by atoms with Gasteiger partial charge in [-0.1, -0.05) is 41.9 Å². The Kier molecular flexibility index (Phi) is 6.76. The summed E-state index contributed by atoms with van der Waals surface area (Å²) in [6.45, 7) is 5.75. The Hall–Kier alpha value is -0.910. The fraction of sp³-hybridized carbons (Fsp3) is 0.667. The third-order valence-corrected chi connectivity index (χ3v) is 5.90. The predicted molar refractivity (Wildman–Crippen MR) is 106 cm³/mol. The molecule has 26 heavy (non-hydrogen) atoms. The van der Waals surface area contributed by atoms with Crippen molar-refractivity contribution in [2.75, 3.05) is 13.2 Å². The summed E-state index contributed by atoms with van der Waals surface area (Å²) in [4.78, 5) is 13.0. The average molecular weight is 424 g/mol. The van der Waals surface area contributed by atoms with Crippen molar-refractivity contribution < 1.29 is 14.3 Å². The van der Waals surface area contributed by atoms with Crippen molar-refractivity contribution in [3.8, 4) is 0 Å². The van der Waals surface area contributed by atoms with Crippen molar-refractivity contribution in [2.24, 2.45) is 11.8 Å². The zero-order valence-electron chi connectivity index (χ0n) is 15.8. The van der Waals surface area contributed by atoms with E-state index in [2.05, 4.69) is 47.2 Å². The lowest BCUT2D eigenvalue weighted by Crippen LogP contribution is -2.46. The minimum atomic E-state index is -0.366. The number of amides is 1. The van der Waals surface area contributed by atoms with Crippen molar-refractivity contribution in [1.82, 2.24) is 5.32 Å². The summed E-state index contributed by atoms with van der Waals surface area (Å²) in [5, 5.41) is 3.30. The fourth-order valence-electron chi connectivity index (χ4n) is 4.11. The molecule has 1 aliphatic carbocycles. The molecule has 0 aromatic heterocycles. The molecule has 0 unspecified atom stereocenters. The first-order chi connectivity index (χ1) is 12.5. The highest BCUT2D eigenvalue weighted by Crippen LogP contribution is 2.36. The van der Waals surface area contributed by atoms with Crippen LogP contribution in [0.25, 0.3) is 0 Å². The molecule has 1 aromatic rings. The molecule has 1 saturated carbocycles. The van der Waals surface area contributed by atoms with Gasteiger partial charge in [-0.05, 0) is 49.3 Å². The summed E-state index contributed by atoms with van der Waals surface area (Å²) in [5.41, 5.74) is 1.20. The SMILES string of the molecule is CC(C)C[C@@H](Cc1cccc(Br)c1)C(=O)NC1CCC2(CC1)OCCO2. The Bertz CT molecular complexity index is 603. The molecule has 1 amide bonds. The lowest BCUT2D eigenvalue weighted by Gasteiger charge is -2.36. The lowest BCUT2D eigenvalue weighted by atomic mass is 9.87. The minimum absolute atomic E-state index is 0.0131. The average Bonchev–Trinajstić information content (AvgIpc) is 3.04. The number of rotatable bonds is 6. The van der Waals surface area contributed by atoms with E-state index in [1.807, 2.05) is 12.1 Å². The van der Waals surface area contributed by atoms with E-state index >= 15 is 0 Å². The first-order valence-electron chi connectivity index (χ1n) is 9.78. The van der Waals surface area contributed by atoms with Crippen molar-refractivity contribution in [3.05, 3.63) is 34.3 Å². The quantitative estimate of drug-likeness (QED) is 0.734. The molecular formula is C21H30BrNO3. The molecule has 2 aliphatic rings. The second-order valence-electron chi connectivity index (χ2n) is 8.05. The Morgan fingerprint density at radius 2 is 1.96 bits per heavy atom. The van der Waals surface area contributed by atoms with Crippen LogP contribution in [-0.4, -0.2) is 30.9 Å². The van der Waals surface area contributed by atoms with Crippen LogP contribution in [0, 0.1) is 11.8 Å². The highest BCUT2D eigenvalue weighted by molar-refractivity contribution is 9.10. The van der Waals surface area contributed by atoms with Crippen LogP contribution < -0.4 is 5.32 Å². The summed E-state index contributed by atoms with van der Waals surface area (Å²) in [6.07, 6.45) is 5.29. The Balaban J connectivity index is 1.57. The number of carbonyl (C=O) groups is 1. The molecular weight excluding hydrogens is 394 g/mol. The fourth-order valence-corrected chi connectivity index (χ4v) is 4.55. The van der Waals surface area contributed by atoms with E-state index in [0.717, 1.165) is 43.0 Å². The molecule has 1 aromatic carbocycles. The van der Waals surface area contributed by atoms with E-state index in [9.17, 15) is 4.79 Å². The molecule has 5 heteroatoms. The van der Waals surface area contributed by atoms with Gasteiger partial charge in [0, 0.05) is 29.3 Å². The standard InChI is InChI=1S/C21H30BrNO3/c1-15(2)12-17(13-16-4-3-5-18(22)14-16)20(24)23-19-6-8-21(9-7-19)25-10-11-26-21/h3-5,14-15,17,19H,6-13H2,1-2H3,(H,23,24)/t17-/m0/s1. The van der Waals surface area contributed by atoms with Gasteiger partial charge in [0.05, 0.1) is 13.2 Å². The molecule has 1 spiro atoms. The van der Waals surface area contributed by atoms with Crippen LogP contribution in [0.2, 0.25) is 0 Å². The molecule has 3 rings (SSSR count). The second-order valence-corrected chi connectivity index (χ2v) is 8.97. The van der Waals surface area contributed by atoms with Gasteiger partial charge >= 0.3 is 0 Å². The summed E-state index contributed by atoms with van der Waals surface area (Å²) in [5.74, 6) is 0.328. The maximum atomic E-state index is 13.0. The largest absolute Gasteiger partial charge is 0.353 e. The maximum Gasteiger partial charge on any atom is 0.223 e. The van der Waals surface area contributed by atoms with Crippen molar-refractivity contribution in [3.63, 3.8) is 0 Å². The van der Waals surface area contributed by atoms with E-state index in [4.69, 9.17) is 9.47 Å². The van der Waals surface area contributed by atoms with E-state index < -0.39 is 0 Å². The first kappa shape index (κ1) is 19.8. The zero-order valence-corrected chi connectivity index (χ0v) is 17.4. The van der Waals surface area contributed by atoms with Crippen LogP contribution in [0.3, 0.4) is 0 Å². The number of hydrogen-bond donors (Lipinski definition) is 1. The summed E-state index contributed by atoms with van der Waals surface area (Å²) in [6, 6.07) is 8.50. The molecule has 144 valence electrons. The number of hydrogen-bond acceptors (Lipinski definition) is 3. The third-order valence-electron chi connectivity index (χ3n) is 5.41. The van der Waals surface area contributed by atoms with Gasteiger partial charge in [-0.2, -0.15) is 0 Å². The number of halogens is 1.